The monoisotopic (exact) mass is 465 g/mol. The molecule has 1 aliphatic heterocycles. The van der Waals surface area contributed by atoms with E-state index in [1.807, 2.05) is 27.0 Å². The SMILES string of the molecule is COC(C)(C)C.NC1CCCN(c2c(Br)cnc3[nH]cc(NC(=O)C4CC4)c23)C1. The molecular weight excluding hydrogens is 434 g/mol. The average molecular weight is 466 g/mol. The lowest BCUT2D eigenvalue weighted by molar-refractivity contribution is -0.117. The summed E-state index contributed by atoms with van der Waals surface area (Å²) in [5.74, 6) is 0.277. The molecule has 1 saturated heterocycles. The van der Waals surface area contributed by atoms with Crippen molar-refractivity contribution < 1.29 is 9.53 Å². The summed E-state index contributed by atoms with van der Waals surface area (Å²) in [4.78, 5) is 22.0. The highest BCUT2D eigenvalue weighted by atomic mass is 79.9. The minimum absolute atomic E-state index is 0.0417. The van der Waals surface area contributed by atoms with Gasteiger partial charge in [0, 0.05) is 44.6 Å². The van der Waals surface area contributed by atoms with Gasteiger partial charge < -0.3 is 25.7 Å². The van der Waals surface area contributed by atoms with Crippen LogP contribution < -0.4 is 16.0 Å². The highest BCUT2D eigenvalue weighted by Gasteiger charge is 2.31. The fourth-order valence-electron chi connectivity index (χ4n) is 3.26. The summed E-state index contributed by atoms with van der Waals surface area (Å²) in [5.41, 5.74) is 8.85. The van der Waals surface area contributed by atoms with Crippen LogP contribution in [0.15, 0.2) is 16.9 Å². The number of H-pyrrole nitrogens is 1. The van der Waals surface area contributed by atoms with Gasteiger partial charge in [0.15, 0.2) is 0 Å². The van der Waals surface area contributed by atoms with Crippen molar-refractivity contribution in [1.82, 2.24) is 9.97 Å². The van der Waals surface area contributed by atoms with Crippen LogP contribution in [0.25, 0.3) is 11.0 Å². The number of carbonyl (C=O) groups is 1. The van der Waals surface area contributed by atoms with E-state index in [0.717, 1.165) is 65.7 Å². The number of nitrogens with zero attached hydrogens (tertiary/aromatic N) is 2. The van der Waals surface area contributed by atoms with E-state index in [1.165, 1.54) is 0 Å². The molecule has 2 aromatic heterocycles. The number of rotatable bonds is 3. The topological polar surface area (TPSA) is 96.3 Å². The fraction of sp³-hybridized carbons (Fsp3) is 0.619. The second-order valence-corrected chi connectivity index (χ2v) is 9.66. The largest absolute Gasteiger partial charge is 0.379 e. The first-order valence-electron chi connectivity index (χ1n) is 10.2. The molecule has 0 aromatic carbocycles. The van der Waals surface area contributed by atoms with Gasteiger partial charge in [-0.1, -0.05) is 0 Å². The number of amides is 1. The number of hydrogen-bond donors (Lipinski definition) is 3. The molecule has 3 heterocycles. The van der Waals surface area contributed by atoms with Crippen molar-refractivity contribution in [2.75, 3.05) is 30.4 Å². The Morgan fingerprint density at radius 3 is 2.66 bits per heavy atom. The second-order valence-electron chi connectivity index (χ2n) is 8.81. The van der Waals surface area contributed by atoms with E-state index in [0.29, 0.717) is 0 Å². The maximum atomic E-state index is 12.2. The number of halogens is 1. The Bertz CT molecular complexity index is 857. The molecule has 4 N–H and O–H groups in total. The van der Waals surface area contributed by atoms with E-state index in [-0.39, 0.29) is 23.5 Å². The number of aromatic nitrogens is 2. The Hall–Kier alpha value is -1.64. The molecule has 29 heavy (non-hydrogen) atoms. The lowest BCUT2D eigenvalue weighted by Crippen LogP contribution is -2.43. The maximum Gasteiger partial charge on any atom is 0.227 e. The van der Waals surface area contributed by atoms with Crippen molar-refractivity contribution in [2.24, 2.45) is 11.7 Å². The fourth-order valence-corrected chi connectivity index (χ4v) is 3.81. The Morgan fingerprint density at radius 2 is 2.07 bits per heavy atom. The quantitative estimate of drug-likeness (QED) is 0.635. The van der Waals surface area contributed by atoms with Crippen LogP contribution in [0.3, 0.4) is 0 Å². The van der Waals surface area contributed by atoms with E-state index < -0.39 is 0 Å². The predicted octanol–water partition coefficient (Wildman–Crippen LogP) is 4.03. The molecular formula is C21H32BrN5O2. The third-order valence-electron chi connectivity index (χ3n) is 5.22. The third-order valence-corrected chi connectivity index (χ3v) is 5.80. The van der Waals surface area contributed by atoms with Crippen molar-refractivity contribution in [3.05, 3.63) is 16.9 Å². The van der Waals surface area contributed by atoms with Gasteiger partial charge in [-0.15, -0.1) is 0 Å². The molecule has 1 atom stereocenters. The molecule has 1 saturated carbocycles. The zero-order valence-corrected chi connectivity index (χ0v) is 19.3. The second kappa shape index (κ2) is 9.02. The number of ether oxygens (including phenoxy) is 1. The van der Waals surface area contributed by atoms with Crippen LogP contribution in [0.1, 0.15) is 46.5 Å². The van der Waals surface area contributed by atoms with Crippen LogP contribution in [0.5, 0.6) is 0 Å². The number of carbonyl (C=O) groups excluding carboxylic acids is 1. The number of methoxy groups -OCH3 is 1. The zero-order chi connectivity index (χ0) is 21.2. The molecule has 2 aliphatic rings. The van der Waals surface area contributed by atoms with Gasteiger partial charge in [0.2, 0.25) is 5.91 Å². The van der Waals surface area contributed by atoms with Gasteiger partial charge in [-0.25, -0.2) is 4.98 Å². The van der Waals surface area contributed by atoms with Gasteiger partial charge >= 0.3 is 0 Å². The van der Waals surface area contributed by atoms with E-state index in [1.54, 1.807) is 13.3 Å². The molecule has 1 amide bonds. The third kappa shape index (κ3) is 5.71. The van der Waals surface area contributed by atoms with Crippen molar-refractivity contribution in [3.8, 4) is 0 Å². The molecule has 1 unspecified atom stereocenters. The van der Waals surface area contributed by atoms with Gasteiger partial charge in [-0.3, -0.25) is 4.79 Å². The average Bonchev–Trinajstić information content (AvgIpc) is 3.44. The molecule has 0 bridgehead atoms. The van der Waals surface area contributed by atoms with Crippen LogP contribution in [-0.2, 0) is 9.53 Å². The Kier molecular flexibility index (Phi) is 6.86. The Balaban J connectivity index is 0.000000353. The molecule has 2 fully saturated rings. The van der Waals surface area contributed by atoms with Crippen LogP contribution in [-0.4, -0.2) is 47.7 Å². The van der Waals surface area contributed by atoms with E-state index >= 15 is 0 Å². The number of fused-ring (bicyclic) bond motifs is 1. The first-order valence-corrected chi connectivity index (χ1v) is 11.0. The summed E-state index contributed by atoms with van der Waals surface area (Å²) >= 11 is 3.63. The van der Waals surface area contributed by atoms with E-state index in [2.05, 4.69) is 36.1 Å². The van der Waals surface area contributed by atoms with Crippen LogP contribution >= 0.6 is 15.9 Å². The van der Waals surface area contributed by atoms with Crippen molar-refractivity contribution in [2.45, 2.75) is 58.1 Å². The standard InChI is InChI=1S/C16H20BrN5O.C5H12O/c17-11-6-19-15-13(14(11)22-5-1-2-10(18)8-22)12(7-20-15)21-16(23)9-3-4-9;1-5(2,3)6-4/h6-7,9-10H,1-5,8,18H2,(H,19,20)(H,21,23);1-4H3. The molecule has 160 valence electrons. The van der Waals surface area contributed by atoms with E-state index in [4.69, 9.17) is 10.5 Å². The molecule has 7 nitrogen and oxygen atoms in total. The summed E-state index contributed by atoms with van der Waals surface area (Å²) in [7, 11) is 1.71. The maximum absolute atomic E-state index is 12.2. The van der Waals surface area contributed by atoms with Gasteiger partial charge in [0.25, 0.3) is 0 Å². The molecule has 0 radical (unpaired) electrons. The molecule has 4 rings (SSSR count). The molecule has 0 spiro atoms. The number of piperidine rings is 1. The highest BCUT2D eigenvalue weighted by Crippen LogP contribution is 2.39. The molecule has 2 aromatic rings. The number of aromatic amines is 1. The number of nitrogens with one attached hydrogen (secondary N) is 2. The van der Waals surface area contributed by atoms with E-state index in [9.17, 15) is 4.79 Å². The Morgan fingerprint density at radius 1 is 1.38 bits per heavy atom. The lowest BCUT2D eigenvalue weighted by Gasteiger charge is -2.33. The van der Waals surface area contributed by atoms with Crippen LogP contribution in [0.4, 0.5) is 11.4 Å². The summed E-state index contributed by atoms with van der Waals surface area (Å²) in [6.45, 7) is 7.85. The normalized spacial score (nSPS) is 19.7. The summed E-state index contributed by atoms with van der Waals surface area (Å²) in [6.07, 6.45) is 7.75. The van der Waals surface area contributed by atoms with Crippen molar-refractivity contribution in [3.63, 3.8) is 0 Å². The molecule has 8 heteroatoms. The van der Waals surface area contributed by atoms with Crippen LogP contribution in [0.2, 0.25) is 0 Å². The minimum Gasteiger partial charge on any atom is -0.379 e. The summed E-state index contributed by atoms with van der Waals surface area (Å²) < 4.78 is 5.87. The minimum atomic E-state index is 0.0417. The first kappa shape index (κ1) is 22.1. The number of pyridine rings is 1. The van der Waals surface area contributed by atoms with Gasteiger partial charge in [0.05, 0.1) is 26.8 Å². The zero-order valence-electron chi connectivity index (χ0n) is 17.7. The number of anilines is 2. The lowest BCUT2D eigenvalue weighted by atomic mass is 10.1. The first-order chi connectivity index (χ1) is 13.7. The van der Waals surface area contributed by atoms with Crippen molar-refractivity contribution >= 4 is 44.2 Å². The van der Waals surface area contributed by atoms with Gasteiger partial charge in [-0.05, 0) is 62.4 Å². The van der Waals surface area contributed by atoms with Gasteiger partial charge in [-0.2, -0.15) is 0 Å². The summed E-state index contributed by atoms with van der Waals surface area (Å²) in [5, 5.41) is 4.02. The molecule has 1 aliphatic carbocycles. The summed E-state index contributed by atoms with van der Waals surface area (Å²) in [6, 6.07) is 0.183. The van der Waals surface area contributed by atoms with Crippen molar-refractivity contribution in [1.29, 1.82) is 0 Å². The van der Waals surface area contributed by atoms with Gasteiger partial charge in [0.1, 0.15) is 5.65 Å². The van der Waals surface area contributed by atoms with Crippen LogP contribution in [0, 0.1) is 5.92 Å². The predicted molar refractivity (Wildman–Crippen MR) is 121 cm³/mol. The number of nitrogens with two attached hydrogens (primary N) is 1. The Labute approximate surface area is 180 Å². The number of hydrogen-bond acceptors (Lipinski definition) is 5. The highest BCUT2D eigenvalue weighted by molar-refractivity contribution is 9.10. The smallest absolute Gasteiger partial charge is 0.227 e.